The molecule has 0 aliphatic rings. The zero-order chi connectivity index (χ0) is 13.2. The van der Waals surface area contributed by atoms with Crippen LogP contribution in [0.15, 0.2) is 24.3 Å². The molecule has 0 atom stereocenters. The van der Waals surface area contributed by atoms with Gasteiger partial charge in [0.05, 0.1) is 13.2 Å². The highest BCUT2D eigenvalue weighted by atomic mass is 35.5. The molecule has 0 fully saturated rings. The number of aryl methyl sites for hydroxylation is 1. The second-order valence-corrected chi connectivity index (χ2v) is 4.01. The second-order valence-electron chi connectivity index (χ2n) is 3.63. The lowest BCUT2D eigenvalue weighted by Crippen LogP contribution is -2.25. The first-order valence-electron chi connectivity index (χ1n) is 5.95. The number of carbonyl (C=O) groups is 1. The number of nitrogens with one attached hydrogen (secondary N) is 1. The molecule has 1 amide bonds. The Kier molecular flexibility index (Phi) is 7.22. The van der Waals surface area contributed by atoms with Gasteiger partial charge >= 0.3 is 6.09 Å². The lowest BCUT2D eigenvalue weighted by molar-refractivity contribution is 0.0309. The smallest absolute Gasteiger partial charge is 0.431 e. The van der Waals surface area contributed by atoms with Crippen LogP contribution in [0.1, 0.15) is 18.1 Å². The average molecular weight is 272 g/mol. The number of halogens is 1. The topological polar surface area (TPSA) is 47.6 Å². The van der Waals surface area contributed by atoms with Gasteiger partial charge in [-0.05, 0) is 30.9 Å². The number of alkyl halides is 1. The molecule has 4 nitrogen and oxygen atoms in total. The van der Waals surface area contributed by atoms with Gasteiger partial charge in [0.25, 0.3) is 0 Å². The van der Waals surface area contributed by atoms with Crippen LogP contribution in [0.25, 0.3) is 0 Å². The van der Waals surface area contributed by atoms with Gasteiger partial charge in [-0.15, -0.1) is 11.6 Å². The maximum Gasteiger partial charge on any atom is 0.431 e. The third-order valence-corrected chi connectivity index (χ3v) is 2.58. The molecule has 0 saturated carbocycles. The zero-order valence-electron chi connectivity index (χ0n) is 10.4. The summed E-state index contributed by atoms with van der Waals surface area (Å²) in [5, 5.41) is 0. The van der Waals surface area contributed by atoms with Gasteiger partial charge in [0.2, 0.25) is 0 Å². The predicted molar refractivity (Wildman–Crippen MR) is 70.7 cm³/mol. The standard InChI is InChI=1S/C13H18ClNO3/c1-2-17-13(16)15-18-10-8-12-6-4-3-5-11(12)7-9-14/h3-6H,2,7-10H2,1H3,(H,15,16). The molecule has 0 aliphatic carbocycles. The summed E-state index contributed by atoms with van der Waals surface area (Å²) in [4.78, 5) is 16.0. The molecule has 1 aromatic carbocycles. The molecule has 0 radical (unpaired) electrons. The lowest BCUT2D eigenvalue weighted by atomic mass is 10.0. The predicted octanol–water partition coefficient (Wildman–Crippen LogP) is 2.69. The Hall–Kier alpha value is -1.26. The molecule has 0 saturated heterocycles. The van der Waals surface area contributed by atoms with Crippen molar-refractivity contribution in [1.82, 2.24) is 5.48 Å². The zero-order valence-corrected chi connectivity index (χ0v) is 11.2. The molecule has 0 aliphatic heterocycles. The van der Waals surface area contributed by atoms with E-state index in [0.29, 0.717) is 19.1 Å². The van der Waals surface area contributed by atoms with Crippen molar-refractivity contribution in [1.29, 1.82) is 0 Å². The van der Waals surface area contributed by atoms with E-state index >= 15 is 0 Å². The number of benzene rings is 1. The number of hydrogen-bond donors (Lipinski definition) is 1. The van der Waals surface area contributed by atoms with Crippen molar-refractivity contribution in [3.05, 3.63) is 35.4 Å². The number of hydrogen-bond acceptors (Lipinski definition) is 3. The normalized spacial score (nSPS) is 10.1. The van der Waals surface area contributed by atoms with E-state index in [1.54, 1.807) is 6.92 Å². The largest absolute Gasteiger partial charge is 0.448 e. The Bertz CT molecular complexity index is 371. The highest BCUT2D eigenvalue weighted by Crippen LogP contribution is 2.10. The fraction of sp³-hybridized carbons (Fsp3) is 0.462. The number of hydroxylamine groups is 1. The summed E-state index contributed by atoms with van der Waals surface area (Å²) >= 11 is 5.74. The molecule has 18 heavy (non-hydrogen) atoms. The summed E-state index contributed by atoms with van der Waals surface area (Å²) in [5.74, 6) is 0.596. The van der Waals surface area contributed by atoms with Crippen LogP contribution in [-0.4, -0.2) is 25.2 Å². The number of rotatable bonds is 7. The fourth-order valence-corrected chi connectivity index (χ4v) is 1.78. The molecule has 100 valence electrons. The van der Waals surface area contributed by atoms with Crippen LogP contribution in [0.4, 0.5) is 4.79 Å². The van der Waals surface area contributed by atoms with Crippen LogP contribution in [0, 0.1) is 0 Å². The van der Waals surface area contributed by atoms with Crippen LogP contribution >= 0.6 is 11.6 Å². The molecule has 1 N–H and O–H groups in total. The highest BCUT2D eigenvalue weighted by molar-refractivity contribution is 6.18. The molecule has 0 unspecified atom stereocenters. The Balaban J connectivity index is 2.32. The van der Waals surface area contributed by atoms with E-state index in [1.807, 2.05) is 18.2 Å². The highest BCUT2D eigenvalue weighted by Gasteiger charge is 2.03. The van der Waals surface area contributed by atoms with E-state index < -0.39 is 6.09 Å². The van der Waals surface area contributed by atoms with Gasteiger partial charge in [-0.2, -0.15) is 5.48 Å². The van der Waals surface area contributed by atoms with Crippen molar-refractivity contribution >= 4 is 17.7 Å². The minimum absolute atomic E-state index is 0.327. The van der Waals surface area contributed by atoms with Gasteiger partial charge in [-0.1, -0.05) is 24.3 Å². The van der Waals surface area contributed by atoms with Crippen LogP contribution in [0.5, 0.6) is 0 Å². The summed E-state index contributed by atoms with van der Waals surface area (Å²) in [6, 6.07) is 8.06. The quantitative estimate of drug-likeness (QED) is 0.471. The molecule has 0 spiro atoms. The Morgan fingerprint density at radius 2 is 1.94 bits per heavy atom. The lowest BCUT2D eigenvalue weighted by Gasteiger charge is -2.09. The molecule has 0 bridgehead atoms. The van der Waals surface area contributed by atoms with E-state index in [4.69, 9.17) is 16.4 Å². The fourth-order valence-electron chi connectivity index (χ4n) is 1.58. The number of carbonyl (C=O) groups excluding carboxylic acids is 1. The van der Waals surface area contributed by atoms with Gasteiger partial charge in [0, 0.05) is 5.88 Å². The van der Waals surface area contributed by atoms with Gasteiger partial charge in [-0.3, -0.25) is 4.84 Å². The van der Waals surface area contributed by atoms with Crippen molar-refractivity contribution in [3.63, 3.8) is 0 Å². The number of ether oxygens (including phenoxy) is 1. The SMILES string of the molecule is CCOC(=O)NOCCc1ccccc1CCCl. The Labute approximate surface area is 112 Å². The minimum atomic E-state index is -0.563. The van der Waals surface area contributed by atoms with Crippen molar-refractivity contribution in [2.24, 2.45) is 0 Å². The number of amides is 1. The molecule has 1 rings (SSSR count). The van der Waals surface area contributed by atoms with Gasteiger partial charge in [0.15, 0.2) is 0 Å². The van der Waals surface area contributed by atoms with Crippen LogP contribution in [-0.2, 0) is 22.4 Å². The first-order chi connectivity index (χ1) is 8.77. The van der Waals surface area contributed by atoms with E-state index in [0.717, 1.165) is 12.8 Å². The van der Waals surface area contributed by atoms with Crippen LogP contribution in [0.3, 0.4) is 0 Å². The van der Waals surface area contributed by atoms with Crippen LogP contribution < -0.4 is 5.48 Å². The monoisotopic (exact) mass is 271 g/mol. The van der Waals surface area contributed by atoms with Gasteiger partial charge < -0.3 is 4.74 Å². The van der Waals surface area contributed by atoms with Crippen molar-refractivity contribution in [3.8, 4) is 0 Å². The Morgan fingerprint density at radius 1 is 1.28 bits per heavy atom. The van der Waals surface area contributed by atoms with Crippen LogP contribution in [0.2, 0.25) is 0 Å². The maximum atomic E-state index is 10.9. The van der Waals surface area contributed by atoms with Gasteiger partial charge in [0.1, 0.15) is 0 Å². The Morgan fingerprint density at radius 3 is 2.56 bits per heavy atom. The molecule has 0 aromatic heterocycles. The maximum absolute atomic E-state index is 10.9. The molecule has 1 aromatic rings. The summed E-state index contributed by atoms with van der Waals surface area (Å²) in [7, 11) is 0. The first-order valence-corrected chi connectivity index (χ1v) is 6.48. The van der Waals surface area contributed by atoms with E-state index in [1.165, 1.54) is 11.1 Å². The van der Waals surface area contributed by atoms with E-state index in [2.05, 4.69) is 16.3 Å². The van der Waals surface area contributed by atoms with Gasteiger partial charge in [-0.25, -0.2) is 4.79 Å². The van der Waals surface area contributed by atoms with E-state index in [-0.39, 0.29) is 0 Å². The van der Waals surface area contributed by atoms with Crippen molar-refractivity contribution < 1.29 is 14.4 Å². The van der Waals surface area contributed by atoms with Crippen molar-refractivity contribution in [2.75, 3.05) is 19.1 Å². The molecule has 5 heteroatoms. The van der Waals surface area contributed by atoms with E-state index in [9.17, 15) is 4.79 Å². The second kappa shape index (κ2) is 8.78. The summed E-state index contributed by atoms with van der Waals surface area (Å²) in [5.41, 5.74) is 4.62. The minimum Gasteiger partial charge on any atom is -0.448 e. The molecule has 0 heterocycles. The summed E-state index contributed by atoms with van der Waals surface area (Å²) in [6.45, 7) is 2.47. The summed E-state index contributed by atoms with van der Waals surface area (Å²) in [6.07, 6.45) is 0.995. The first kappa shape index (κ1) is 14.8. The summed E-state index contributed by atoms with van der Waals surface area (Å²) < 4.78 is 4.66. The van der Waals surface area contributed by atoms with Crippen molar-refractivity contribution in [2.45, 2.75) is 19.8 Å². The molecular weight excluding hydrogens is 254 g/mol. The molecular formula is C13H18ClNO3. The third kappa shape index (κ3) is 5.38. The third-order valence-electron chi connectivity index (χ3n) is 2.39. The average Bonchev–Trinajstić information content (AvgIpc) is 2.37.